The molecule has 4 nitrogen and oxygen atoms in total. The van der Waals surface area contributed by atoms with E-state index in [-0.39, 0.29) is 30.0 Å². The fourth-order valence-electron chi connectivity index (χ4n) is 3.69. The van der Waals surface area contributed by atoms with Crippen molar-refractivity contribution in [1.29, 1.82) is 0 Å². The first-order valence-electron chi connectivity index (χ1n) is 8.47. The monoisotopic (exact) mass is 320 g/mol. The van der Waals surface area contributed by atoms with E-state index in [4.69, 9.17) is 10.5 Å². The van der Waals surface area contributed by atoms with Crippen LogP contribution in [0, 0.1) is 11.7 Å². The van der Waals surface area contributed by atoms with Crippen LogP contribution in [0.4, 0.5) is 4.39 Å². The molecule has 3 rings (SSSR count). The van der Waals surface area contributed by atoms with Gasteiger partial charge in [0, 0.05) is 19.0 Å². The summed E-state index contributed by atoms with van der Waals surface area (Å²) in [5.41, 5.74) is 7.00. The number of halogens is 1. The highest BCUT2D eigenvalue weighted by atomic mass is 19.1. The van der Waals surface area contributed by atoms with Gasteiger partial charge in [-0.25, -0.2) is 4.39 Å². The maximum absolute atomic E-state index is 13.1. The molecule has 1 heterocycles. The van der Waals surface area contributed by atoms with E-state index in [1.54, 1.807) is 12.1 Å². The summed E-state index contributed by atoms with van der Waals surface area (Å²) in [6.07, 6.45) is 3.51. The van der Waals surface area contributed by atoms with E-state index < -0.39 is 0 Å². The van der Waals surface area contributed by atoms with Gasteiger partial charge in [-0.3, -0.25) is 4.79 Å². The third kappa shape index (κ3) is 3.90. The lowest BCUT2D eigenvalue weighted by Crippen LogP contribution is -2.46. The number of hydrogen-bond donors (Lipinski definition) is 1. The fourth-order valence-corrected chi connectivity index (χ4v) is 3.69. The molecule has 1 saturated heterocycles. The first kappa shape index (κ1) is 16.4. The van der Waals surface area contributed by atoms with E-state index in [0.717, 1.165) is 24.8 Å². The number of carbonyl (C=O) groups excluding carboxylic acids is 1. The third-order valence-corrected chi connectivity index (χ3v) is 5.01. The lowest BCUT2D eigenvalue weighted by Gasteiger charge is -2.37. The number of morpholine rings is 1. The average Bonchev–Trinajstić information content (AvgIpc) is 2.92. The smallest absolute Gasteiger partial charge is 0.223 e. The van der Waals surface area contributed by atoms with Gasteiger partial charge in [0.1, 0.15) is 11.9 Å². The van der Waals surface area contributed by atoms with Crippen LogP contribution in [0.3, 0.4) is 0 Å². The minimum Gasteiger partial charge on any atom is -0.367 e. The molecule has 5 heteroatoms. The van der Waals surface area contributed by atoms with E-state index in [1.165, 1.54) is 12.1 Å². The average molecular weight is 320 g/mol. The highest BCUT2D eigenvalue weighted by molar-refractivity contribution is 5.76. The molecule has 1 aliphatic carbocycles. The first-order valence-corrected chi connectivity index (χ1v) is 8.47. The highest BCUT2D eigenvalue weighted by Crippen LogP contribution is 2.30. The second-order valence-corrected chi connectivity index (χ2v) is 6.84. The molecular weight excluding hydrogens is 295 g/mol. The summed E-state index contributed by atoms with van der Waals surface area (Å²) in [6, 6.07) is 6.48. The van der Waals surface area contributed by atoms with Crippen molar-refractivity contribution in [2.45, 2.75) is 50.9 Å². The maximum Gasteiger partial charge on any atom is 0.223 e. The molecule has 23 heavy (non-hydrogen) atoms. The Hall–Kier alpha value is -1.46. The SMILES string of the molecule is CC1CN(C(=O)C[C@@H]2CCC[C@H]2N)CC(c2ccc(F)cc2)O1. The van der Waals surface area contributed by atoms with Crippen molar-refractivity contribution in [1.82, 2.24) is 4.90 Å². The molecule has 2 fully saturated rings. The molecule has 1 saturated carbocycles. The Morgan fingerprint density at radius 3 is 2.70 bits per heavy atom. The van der Waals surface area contributed by atoms with Gasteiger partial charge in [0.25, 0.3) is 0 Å². The molecule has 0 spiro atoms. The van der Waals surface area contributed by atoms with E-state index in [2.05, 4.69) is 0 Å². The van der Waals surface area contributed by atoms with Crippen LogP contribution in [0.25, 0.3) is 0 Å². The number of carbonyl (C=O) groups is 1. The lowest BCUT2D eigenvalue weighted by atomic mass is 9.98. The van der Waals surface area contributed by atoms with Crippen molar-refractivity contribution in [3.63, 3.8) is 0 Å². The van der Waals surface area contributed by atoms with Crippen LogP contribution >= 0.6 is 0 Å². The van der Waals surface area contributed by atoms with Gasteiger partial charge in [0.15, 0.2) is 0 Å². The molecule has 1 aromatic rings. The number of benzene rings is 1. The van der Waals surface area contributed by atoms with Crippen molar-refractivity contribution in [2.75, 3.05) is 13.1 Å². The molecule has 2 N–H and O–H groups in total. The second-order valence-electron chi connectivity index (χ2n) is 6.84. The lowest BCUT2D eigenvalue weighted by molar-refractivity contribution is -0.145. The molecule has 2 aliphatic rings. The summed E-state index contributed by atoms with van der Waals surface area (Å²) in [4.78, 5) is 14.5. The van der Waals surface area contributed by atoms with Gasteiger partial charge in [-0.2, -0.15) is 0 Å². The first-order chi connectivity index (χ1) is 11.0. The Kier molecular flexibility index (Phi) is 4.97. The Morgan fingerprint density at radius 2 is 2.04 bits per heavy atom. The quantitative estimate of drug-likeness (QED) is 0.931. The van der Waals surface area contributed by atoms with Crippen LogP contribution in [0.2, 0.25) is 0 Å². The van der Waals surface area contributed by atoms with E-state index >= 15 is 0 Å². The molecule has 1 aromatic carbocycles. The minimum absolute atomic E-state index is 0.0278. The summed E-state index contributed by atoms with van der Waals surface area (Å²) in [5.74, 6) is 0.209. The molecule has 1 aliphatic heterocycles. The Labute approximate surface area is 136 Å². The van der Waals surface area contributed by atoms with Crippen molar-refractivity contribution in [3.8, 4) is 0 Å². The highest BCUT2D eigenvalue weighted by Gasteiger charge is 2.32. The van der Waals surface area contributed by atoms with Crippen molar-refractivity contribution < 1.29 is 13.9 Å². The molecular formula is C18H25FN2O2. The Bertz CT molecular complexity index is 548. The van der Waals surface area contributed by atoms with Gasteiger partial charge < -0.3 is 15.4 Å². The van der Waals surface area contributed by atoms with Crippen LogP contribution in [0.15, 0.2) is 24.3 Å². The number of amides is 1. The number of rotatable bonds is 3. The third-order valence-electron chi connectivity index (χ3n) is 5.01. The summed E-state index contributed by atoms with van der Waals surface area (Å²) < 4.78 is 19.0. The van der Waals surface area contributed by atoms with Crippen LogP contribution < -0.4 is 5.73 Å². The van der Waals surface area contributed by atoms with E-state index in [9.17, 15) is 9.18 Å². The second kappa shape index (κ2) is 6.97. The molecule has 0 radical (unpaired) electrons. The number of hydrogen-bond acceptors (Lipinski definition) is 3. The zero-order valence-corrected chi connectivity index (χ0v) is 13.6. The molecule has 126 valence electrons. The van der Waals surface area contributed by atoms with Gasteiger partial charge in [-0.05, 0) is 43.4 Å². The molecule has 2 unspecified atom stereocenters. The predicted molar refractivity (Wildman–Crippen MR) is 86.2 cm³/mol. The fraction of sp³-hybridized carbons (Fsp3) is 0.611. The van der Waals surface area contributed by atoms with Crippen molar-refractivity contribution in [2.24, 2.45) is 11.7 Å². The van der Waals surface area contributed by atoms with Crippen LogP contribution in [0.5, 0.6) is 0 Å². The largest absolute Gasteiger partial charge is 0.367 e. The summed E-state index contributed by atoms with van der Waals surface area (Å²) >= 11 is 0. The van der Waals surface area contributed by atoms with Crippen LogP contribution in [-0.4, -0.2) is 36.0 Å². The van der Waals surface area contributed by atoms with Gasteiger partial charge >= 0.3 is 0 Å². The molecule has 0 aromatic heterocycles. The molecule has 1 amide bonds. The zero-order chi connectivity index (χ0) is 16.4. The van der Waals surface area contributed by atoms with Crippen molar-refractivity contribution >= 4 is 5.91 Å². The maximum atomic E-state index is 13.1. The van der Waals surface area contributed by atoms with E-state index in [0.29, 0.717) is 25.4 Å². The summed E-state index contributed by atoms with van der Waals surface area (Å²) in [7, 11) is 0. The van der Waals surface area contributed by atoms with E-state index in [1.807, 2.05) is 11.8 Å². The number of nitrogens with two attached hydrogens (primary N) is 1. The van der Waals surface area contributed by atoms with Gasteiger partial charge in [0.05, 0.1) is 12.6 Å². The number of ether oxygens (including phenoxy) is 1. The summed E-state index contributed by atoms with van der Waals surface area (Å²) in [5, 5.41) is 0. The molecule has 0 bridgehead atoms. The van der Waals surface area contributed by atoms with Gasteiger partial charge in [-0.15, -0.1) is 0 Å². The predicted octanol–water partition coefficient (Wildman–Crippen LogP) is 2.63. The zero-order valence-electron chi connectivity index (χ0n) is 13.6. The topological polar surface area (TPSA) is 55.6 Å². The van der Waals surface area contributed by atoms with Gasteiger partial charge in [0.2, 0.25) is 5.91 Å². The Balaban J connectivity index is 1.65. The van der Waals surface area contributed by atoms with Crippen LogP contribution in [0.1, 0.15) is 44.3 Å². The molecule has 4 atom stereocenters. The minimum atomic E-state index is -0.263. The number of nitrogens with zero attached hydrogens (tertiary/aromatic N) is 1. The Morgan fingerprint density at radius 1 is 1.30 bits per heavy atom. The van der Waals surface area contributed by atoms with Gasteiger partial charge in [-0.1, -0.05) is 18.6 Å². The normalized spacial score (nSPS) is 31.3. The standard InChI is InChI=1S/C18H25FN2O2/c1-12-10-21(18(22)9-14-3-2-4-16(14)20)11-17(23-12)13-5-7-15(19)8-6-13/h5-8,12,14,16-17H,2-4,9-11,20H2,1H3/t12?,14-,16+,17?/m0/s1. The summed E-state index contributed by atoms with van der Waals surface area (Å²) in [6.45, 7) is 3.10. The van der Waals surface area contributed by atoms with Crippen molar-refractivity contribution in [3.05, 3.63) is 35.6 Å². The van der Waals surface area contributed by atoms with Crippen LogP contribution in [-0.2, 0) is 9.53 Å².